The Hall–Kier alpha value is -1.07. The number of aryl methyl sites for hydroxylation is 1. The zero-order chi connectivity index (χ0) is 16.4. The Bertz CT molecular complexity index is 477. The van der Waals surface area contributed by atoms with Gasteiger partial charge in [0.2, 0.25) is 0 Å². The lowest BCUT2D eigenvalue weighted by Gasteiger charge is -2.35. The van der Waals surface area contributed by atoms with Crippen LogP contribution < -0.4 is 5.73 Å². The summed E-state index contributed by atoms with van der Waals surface area (Å²) in [6, 6.07) is 3.21. The molecule has 2 atom stereocenters. The molecule has 0 bridgehead atoms. The fourth-order valence-corrected chi connectivity index (χ4v) is 2.46. The van der Waals surface area contributed by atoms with Crippen LogP contribution in [0, 0.1) is 12.3 Å². The zero-order valence-corrected chi connectivity index (χ0v) is 13.2. The first-order chi connectivity index (χ1) is 9.48. The van der Waals surface area contributed by atoms with E-state index in [1.807, 2.05) is 27.7 Å². The van der Waals surface area contributed by atoms with E-state index in [0.717, 1.165) is 12.1 Å². The molecular formula is C16H24F3NO. The number of ether oxygens (including phenoxy) is 1. The van der Waals surface area contributed by atoms with Crippen molar-refractivity contribution in [2.45, 2.75) is 52.9 Å². The van der Waals surface area contributed by atoms with Gasteiger partial charge in [-0.3, -0.25) is 0 Å². The molecule has 0 aliphatic heterocycles. The van der Waals surface area contributed by atoms with Gasteiger partial charge in [0.25, 0.3) is 0 Å². The fraction of sp³-hybridized carbons (Fsp3) is 0.625. The van der Waals surface area contributed by atoms with Gasteiger partial charge in [0.15, 0.2) is 0 Å². The van der Waals surface area contributed by atoms with E-state index >= 15 is 0 Å². The first-order valence-electron chi connectivity index (χ1n) is 7.03. The van der Waals surface area contributed by atoms with Gasteiger partial charge in [-0.25, -0.2) is 0 Å². The molecular weight excluding hydrogens is 279 g/mol. The number of alkyl halides is 3. The predicted octanol–water partition coefficient (Wildman–Crippen LogP) is 4.46. The van der Waals surface area contributed by atoms with Crippen LogP contribution in [0.15, 0.2) is 18.2 Å². The molecule has 0 saturated carbocycles. The van der Waals surface area contributed by atoms with E-state index in [9.17, 15) is 13.2 Å². The van der Waals surface area contributed by atoms with Crippen LogP contribution in [0.3, 0.4) is 0 Å². The van der Waals surface area contributed by atoms with E-state index in [0.29, 0.717) is 17.7 Å². The summed E-state index contributed by atoms with van der Waals surface area (Å²) >= 11 is 0. The number of halogens is 3. The molecule has 0 heterocycles. The van der Waals surface area contributed by atoms with Gasteiger partial charge in [-0.15, -0.1) is 0 Å². The number of benzene rings is 1. The molecule has 2 unspecified atom stereocenters. The number of nitrogens with two attached hydrogens (primary N) is 1. The standard InChI is InChI=1S/C16H24F3NO/c1-6-21-14(15(3,4)5)13(20)12-8-7-11(9-10(12)2)16(17,18)19/h7-9,13-14H,6,20H2,1-5H3. The summed E-state index contributed by atoms with van der Waals surface area (Å²) < 4.78 is 43.9. The Balaban J connectivity index is 3.15. The van der Waals surface area contributed by atoms with Crippen LogP contribution in [0.1, 0.15) is 50.4 Å². The van der Waals surface area contributed by atoms with Gasteiger partial charge < -0.3 is 10.5 Å². The number of hydrogen-bond donors (Lipinski definition) is 1. The maximum atomic E-state index is 12.7. The van der Waals surface area contributed by atoms with Crippen molar-refractivity contribution in [1.29, 1.82) is 0 Å². The molecule has 21 heavy (non-hydrogen) atoms. The molecule has 0 fully saturated rings. The van der Waals surface area contributed by atoms with E-state index in [-0.39, 0.29) is 11.5 Å². The summed E-state index contributed by atoms with van der Waals surface area (Å²) in [6.07, 6.45) is -4.60. The summed E-state index contributed by atoms with van der Waals surface area (Å²) in [4.78, 5) is 0. The fourth-order valence-electron chi connectivity index (χ4n) is 2.46. The molecule has 1 rings (SSSR count). The molecule has 2 N–H and O–H groups in total. The average Bonchev–Trinajstić information content (AvgIpc) is 2.32. The quantitative estimate of drug-likeness (QED) is 0.891. The minimum absolute atomic E-state index is 0.204. The molecule has 120 valence electrons. The third kappa shape index (κ3) is 4.45. The lowest BCUT2D eigenvalue weighted by molar-refractivity contribution is -0.137. The maximum Gasteiger partial charge on any atom is 0.416 e. The average molecular weight is 303 g/mol. The third-order valence-electron chi connectivity index (χ3n) is 3.48. The number of rotatable bonds is 4. The Kier molecular flexibility index (Phi) is 5.45. The van der Waals surface area contributed by atoms with Crippen LogP contribution in [0.5, 0.6) is 0 Å². The summed E-state index contributed by atoms with van der Waals surface area (Å²) in [5, 5.41) is 0. The van der Waals surface area contributed by atoms with Crippen molar-refractivity contribution in [2.24, 2.45) is 11.1 Å². The molecule has 0 aromatic heterocycles. The molecule has 1 aromatic carbocycles. The maximum absolute atomic E-state index is 12.7. The molecule has 0 amide bonds. The van der Waals surface area contributed by atoms with E-state index < -0.39 is 17.8 Å². The van der Waals surface area contributed by atoms with Crippen molar-refractivity contribution in [3.8, 4) is 0 Å². The monoisotopic (exact) mass is 303 g/mol. The Morgan fingerprint density at radius 2 is 1.76 bits per heavy atom. The highest BCUT2D eigenvalue weighted by Gasteiger charge is 2.34. The largest absolute Gasteiger partial charge is 0.416 e. The second-order valence-corrected chi connectivity index (χ2v) is 6.34. The topological polar surface area (TPSA) is 35.2 Å². The highest BCUT2D eigenvalue weighted by Crippen LogP contribution is 2.35. The van der Waals surface area contributed by atoms with Gasteiger partial charge in [-0.05, 0) is 42.5 Å². The summed E-state index contributed by atoms with van der Waals surface area (Å²) in [7, 11) is 0. The zero-order valence-electron chi connectivity index (χ0n) is 13.2. The lowest BCUT2D eigenvalue weighted by atomic mass is 9.81. The summed E-state index contributed by atoms with van der Waals surface area (Å²) in [6.45, 7) is 10.1. The van der Waals surface area contributed by atoms with Gasteiger partial charge in [0.1, 0.15) is 0 Å². The van der Waals surface area contributed by atoms with Gasteiger partial charge in [0.05, 0.1) is 17.7 Å². The van der Waals surface area contributed by atoms with Gasteiger partial charge >= 0.3 is 6.18 Å². The highest BCUT2D eigenvalue weighted by atomic mass is 19.4. The van der Waals surface area contributed by atoms with E-state index in [1.54, 1.807) is 6.92 Å². The van der Waals surface area contributed by atoms with Crippen molar-refractivity contribution < 1.29 is 17.9 Å². The van der Waals surface area contributed by atoms with Crippen molar-refractivity contribution in [2.75, 3.05) is 6.61 Å². The Morgan fingerprint density at radius 1 is 1.19 bits per heavy atom. The summed E-state index contributed by atoms with van der Waals surface area (Å²) in [5.41, 5.74) is 6.63. The van der Waals surface area contributed by atoms with Crippen LogP contribution in [-0.2, 0) is 10.9 Å². The van der Waals surface area contributed by atoms with E-state index in [1.165, 1.54) is 6.07 Å². The molecule has 5 heteroatoms. The lowest BCUT2D eigenvalue weighted by Crippen LogP contribution is -2.39. The van der Waals surface area contributed by atoms with Crippen LogP contribution >= 0.6 is 0 Å². The molecule has 1 aromatic rings. The highest BCUT2D eigenvalue weighted by molar-refractivity contribution is 5.35. The normalized spacial score (nSPS) is 15.9. The van der Waals surface area contributed by atoms with Gasteiger partial charge in [-0.1, -0.05) is 26.8 Å². The van der Waals surface area contributed by atoms with Crippen molar-refractivity contribution in [1.82, 2.24) is 0 Å². The van der Waals surface area contributed by atoms with Crippen molar-refractivity contribution in [3.05, 3.63) is 34.9 Å². The van der Waals surface area contributed by atoms with Crippen molar-refractivity contribution >= 4 is 0 Å². The smallest absolute Gasteiger partial charge is 0.376 e. The first-order valence-corrected chi connectivity index (χ1v) is 7.03. The Morgan fingerprint density at radius 3 is 2.14 bits per heavy atom. The molecule has 0 aliphatic rings. The minimum atomic E-state index is -4.34. The third-order valence-corrected chi connectivity index (χ3v) is 3.48. The molecule has 0 saturated heterocycles. The summed E-state index contributed by atoms with van der Waals surface area (Å²) in [5.74, 6) is 0. The minimum Gasteiger partial charge on any atom is -0.376 e. The van der Waals surface area contributed by atoms with Crippen LogP contribution in [0.4, 0.5) is 13.2 Å². The van der Waals surface area contributed by atoms with Crippen LogP contribution in [0.25, 0.3) is 0 Å². The molecule has 0 radical (unpaired) electrons. The predicted molar refractivity (Wildman–Crippen MR) is 78.0 cm³/mol. The second kappa shape index (κ2) is 6.36. The molecule has 0 spiro atoms. The van der Waals surface area contributed by atoms with E-state index in [4.69, 9.17) is 10.5 Å². The van der Waals surface area contributed by atoms with Crippen LogP contribution in [-0.4, -0.2) is 12.7 Å². The van der Waals surface area contributed by atoms with Gasteiger partial charge in [0, 0.05) is 6.61 Å². The first kappa shape index (κ1) is 18.0. The van der Waals surface area contributed by atoms with Crippen molar-refractivity contribution in [3.63, 3.8) is 0 Å². The SMILES string of the molecule is CCOC(C(N)c1ccc(C(F)(F)F)cc1C)C(C)(C)C. The number of hydrogen-bond acceptors (Lipinski definition) is 2. The van der Waals surface area contributed by atoms with E-state index in [2.05, 4.69) is 0 Å². The van der Waals surface area contributed by atoms with Crippen LogP contribution in [0.2, 0.25) is 0 Å². The second-order valence-electron chi connectivity index (χ2n) is 6.34. The molecule has 2 nitrogen and oxygen atoms in total. The van der Waals surface area contributed by atoms with Gasteiger partial charge in [-0.2, -0.15) is 13.2 Å². The molecule has 0 aliphatic carbocycles. The Labute approximate surface area is 124 Å².